The highest BCUT2D eigenvalue weighted by Gasteiger charge is 2.04. The molecule has 0 radical (unpaired) electrons. The Bertz CT molecular complexity index is 411. The molecular weight excluding hydrogens is 206 g/mol. The Balaban J connectivity index is 2.14. The summed E-state index contributed by atoms with van der Waals surface area (Å²) in [6.07, 6.45) is 0.945. The van der Waals surface area contributed by atoms with Crippen LogP contribution in [0.4, 0.5) is 0 Å². The highest BCUT2D eigenvalue weighted by molar-refractivity contribution is 7.14. The molecule has 0 saturated heterocycles. The van der Waals surface area contributed by atoms with Crippen molar-refractivity contribution in [2.24, 2.45) is 0 Å². The molecule has 0 aliphatic heterocycles. The smallest absolute Gasteiger partial charge is 0.147 e. The van der Waals surface area contributed by atoms with Gasteiger partial charge in [-0.2, -0.15) is 0 Å². The molecule has 0 bridgehead atoms. The van der Waals surface area contributed by atoms with Crippen LogP contribution in [0.1, 0.15) is 5.01 Å². The normalized spacial score (nSPS) is 10.5. The Morgan fingerprint density at radius 2 is 2.00 bits per heavy atom. The van der Waals surface area contributed by atoms with E-state index in [0.29, 0.717) is 0 Å². The van der Waals surface area contributed by atoms with Crippen LogP contribution in [0.2, 0.25) is 0 Å². The quantitative estimate of drug-likeness (QED) is 0.854. The van der Waals surface area contributed by atoms with Gasteiger partial charge in [0.25, 0.3) is 0 Å². The molecule has 0 fully saturated rings. The molecule has 0 atom stereocenters. The Hall–Kier alpha value is -1.26. The Labute approximate surface area is 93.2 Å². The van der Waals surface area contributed by atoms with E-state index in [1.54, 1.807) is 11.3 Å². The second kappa shape index (κ2) is 5.00. The molecular formula is C11H13N3S. The molecule has 1 heterocycles. The van der Waals surface area contributed by atoms with E-state index >= 15 is 0 Å². The summed E-state index contributed by atoms with van der Waals surface area (Å²) in [5.74, 6) is 0. The summed E-state index contributed by atoms with van der Waals surface area (Å²) in [5.41, 5.74) is 1.14. The fourth-order valence-electron chi connectivity index (χ4n) is 1.28. The molecule has 0 unspecified atom stereocenters. The van der Waals surface area contributed by atoms with Crippen LogP contribution in [0, 0.1) is 0 Å². The topological polar surface area (TPSA) is 37.8 Å². The lowest BCUT2D eigenvalue weighted by Crippen LogP contribution is -2.09. The van der Waals surface area contributed by atoms with Gasteiger partial charge in [-0.3, -0.25) is 0 Å². The van der Waals surface area contributed by atoms with Crippen molar-refractivity contribution < 1.29 is 0 Å². The third kappa shape index (κ3) is 2.61. The van der Waals surface area contributed by atoms with Gasteiger partial charge in [-0.05, 0) is 7.05 Å². The molecule has 4 heteroatoms. The molecule has 0 saturated carbocycles. The summed E-state index contributed by atoms with van der Waals surface area (Å²) in [6, 6.07) is 10.2. The zero-order valence-corrected chi connectivity index (χ0v) is 9.42. The summed E-state index contributed by atoms with van der Waals surface area (Å²) in [7, 11) is 1.94. The van der Waals surface area contributed by atoms with Gasteiger partial charge in [-0.15, -0.1) is 10.2 Å². The van der Waals surface area contributed by atoms with E-state index in [2.05, 4.69) is 27.6 Å². The van der Waals surface area contributed by atoms with E-state index in [4.69, 9.17) is 0 Å². The van der Waals surface area contributed by atoms with Crippen LogP contribution in [-0.4, -0.2) is 23.8 Å². The SMILES string of the molecule is CNCCc1nnc(-c2ccccc2)s1. The third-order valence-corrected chi connectivity index (χ3v) is 3.11. The van der Waals surface area contributed by atoms with Crippen molar-refractivity contribution in [1.29, 1.82) is 0 Å². The minimum Gasteiger partial charge on any atom is -0.319 e. The monoisotopic (exact) mass is 219 g/mol. The number of nitrogens with zero attached hydrogens (tertiary/aromatic N) is 2. The molecule has 0 aliphatic carbocycles. The average Bonchev–Trinajstić information content (AvgIpc) is 2.76. The summed E-state index contributed by atoms with van der Waals surface area (Å²) in [5, 5.41) is 13.5. The predicted molar refractivity (Wildman–Crippen MR) is 63.0 cm³/mol. The van der Waals surface area contributed by atoms with E-state index in [-0.39, 0.29) is 0 Å². The first-order valence-corrected chi connectivity index (χ1v) is 5.74. The van der Waals surface area contributed by atoms with E-state index in [0.717, 1.165) is 28.5 Å². The van der Waals surface area contributed by atoms with Crippen molar-refractivity contribution in [3.63, 3.8) is 0 Å². The van der Waals surface area contributed by atoms with Crippen molar-refractivity contribution >= 4 is 11.3 Å². The van der Waals surface area contributed by atoms with Gasteiger partial charge in [0.1, 0.15) is 10.0 Å². The number of benzene rings is 1. The average molecular weight is 219 g/mol. The molecule has 78 valence electrons. The van der Waals surface area contributed by atoms with Gasteiger partial charge < -0.3 is 5.32 Å². The predicted octanol–water partition coefficient (Wildman–Crippen LogP) is 1.97. The largest absolute Gasteiger partial charge is 0.319 e. The minimum atomic E-state index is 0.945. The lowest BCUT2D eigenvalue weighted by atomic mass is 10.2. The Morgan fingerprint density at radius 3 is 2.73 bits per heavy atom. The fourth-order valence-corrected chi connectivity index (χ4v) is 2.13. The minimum absolute atomic E-state index is 0.945. The standard InChI is InChI=1S/C11H13N3S/c1-12-8-7-10-13-14-11(15-10)9-5-3-2-4-6-9/h2-6,12H,7-8H2,1H3. The molecule has 0 amide bonds. The molecule has 1 N–H and O–H groups in total. The molecule has 0 spiro atoms. The zero-order valence-electron chi connectivity index (χ0n) is 8.60. The molecule has 2 rings (SSSR count). The van der Waals surface area contributed by atoms with Gasteiger partial charge >= 0.3 is 0 Å². The highest BCUT2D eigenvalue weighted by Crippen LogP contribution is 2.22. The maximum Gasteiger partial charge on any atom is 0.147 e. The zero-order chi connectivity index (χ0) is 10.5. The van der Waals surface area contributed by atoms with Crippen LogP contribution < -0.4 is 5.32 Å². The number of aromatic nitrogens is 2. The lowest BCUT2D eigenvalue weighted by Gasteiger charge is -1.93. The van der Waals surface area contributed by atoms with Gasteiger partial charge in [-0.1, -0.05) is 41.7 Å². The number of hydrogen-bond donors (Lipinski definition) is 1. The summed E-state index contributed by atoms with van der Waals surface area (Å²) in [4.78, 5) is 0. The van der Waals surface area contributed by atoms with E-state index in [1.165, 1.54) is 0 Å². The Kier molecular flexibility index (Phi) is 3.42. The summed E-state index contributed by atoms with van der Waals surface area (Å²) < 4.78 is 0. The second-order valence-electron chi connectivity index (χ2n) is 3.22. The van der Waals surface area contributed by atoms with E-state index in [9.17, 15) is 0 Å². The second-order valence-corrected chi connectivity index (χ2v) is 4.28. The van der Waals surface area contributed by atoms with Gasteiger partial charge in [0.05, 0.1) is 0 Å². The fraction of sp³-hybridized carbons (Fsp3) is 0.273. The molecule has 15 heavy (non-hydrogen) atoms. The van der Waals surface area contributed by atoms with Crippen molar-refractivity contribution in [1.82, 2.24) is 15.5 Å². The first kappa shape index (κ1) is 10.3. The van der Waals surface area contributed by atoms with Crippen LogP contribution in [0.25, 0.3) is 10.6 Å². The maximum absolute atomic E-state index is 4.18. The first-order chi connectivity index (χ1) is 7.40. The van der Waals surface area contributed by atoms with Gasteiger partial charge in [0, 0.05) is 18.5 Å². The van der Waals surface area contributed by atoms with Crippen LogP contribution in [0.5, 0.6) is 0 Å². The van der Waals surface area contributed by atoms with Crippen molar-refractivity contribution in [3.8, 4) is 10.6 Å². The van der Waals surface area contributed by atoms with E-state index in [1.807, 2.05) is 25.2 Å². The molecule has 1 aromatic heterocycles. The maximum atomic E-state index is 4.18. The summed E-state index contributed by atoms with van der Waals surface area (Å²) >= 11 is 1.66. The van der Waals surface area contributed by atoms with Crippen LogP contribution in [0.15, 0.2) is 30.3 Å². The molecule has 1 aromatic carbocycles. The van der Waals surface area contributed by atoms with Gasteiger partial charge in [-0.25, -0.2) is 0 Å². The number of rotatable bonds is 4. The number of nitrogens with one attached hydrogen (secondary N) is 1. The highest BCUT2D eigenvalue weighted by atomic mass is 32.1. The van der Waals surface area contributed by atoms with Gasteiger partial charge in [0.2, 0.25) is 0 Å². The van der Waals surface area contributed by atoms with Crippen molar-refractivity contribution in [2.75, 3.05) is 13.6 Å². The summed E-state index contributed by atoms with van der Waals surface area (Å²) in [6.45, 7) is 0.948. The van der Waals surface area contributed by atoms with Crippen molar-refractivity contribution in [2.45, 2.75) is 6.42 Å². The number of hydrogen-bond acceptors (Lipinski definition) is 4. The lowest BCUT2D eigenvalue weighted by molar-refractivity contribution is 0.779. The number of likely N-dealkylation sites (N-methyl/N-ethyl adjacent to an activating group) is 1. The van der Waals surface area contributed by atoms with E-state index < -0.39 is 0 Å². The van der Waals surface area contributed by atoms with Crippen LogP contribution >= 0.6 is 11.3 Å². The molecule has 0 aliphatic rings. The van der Waals surface area contributed by atoms with Crippen molar-refractivity contribution in [3.05, 3.63) is 35.3 Å². The molecule has 2 aromatic rings. The Morgan fingerprint density at radius 1 is 1.20 bits per heavy atom. The van der Waals surface area contributed by atoms with Crippen LogP contribution in [0.3, 0.4) is 0 Å². The molecule has 3 nitrogen and oxygen atoms in total. The first-order valence-electron chi connectivity index (χ1n) is 4.92. The van der Waals surface area contributed by atoms with Crippen LogP contribution in [-0.2, 0) is 6.42 Å². The van der Waals surface area contributed by atoms with Gasteiger partial charge in [0.15, 0.2) is 0 Å². The third-order valence-electron chi connectivity index (χ3n) is 2.08.